The summed E-state index contributed by atoms with van der Waals surface area (Å²) in [6, 6.07) is 0. The van der Waals surface area contributed by atoms with Crippen LogP contribution in [0.1, 0.15) is 110 Å². The van der Waals surface area contributed by atoms with Crippen molar-refractivity contribution >= 4 is 16.1 Å². The molecule has 156 valence electrons. The lowest BCUT2D eigenvalue weighted by Gasteiger charge is -2.05. The molecule has 0 aliphatic rings. The van der Waals surface area contributed by atoms with E-state index in [1.54, 1.807) is 0 Å². The normalized spacial score (nSPS) is 11.6. The first-order chi connectivity index (χ1) is 12.5. The fraction of sp³-hybridized carbons (Fsp3) is 0.950. The monoisotopic (exact) mass is 391 g/mol. The van der Waals surface area contributed by atoms with Crippen LogP contribution in [0.2, 0.25) is 0 Å². The molecule has 0 fully saturated rings. The number of hydrogen-bond donors (Lipinski definition) is 1. The van der Waals surface area contributed by atoms with E-state index in [0.29, 0.717) is 6.42 Å². The van der Waals surface area contributed by atoms with Crippen LogP contribution in [0.15, 0.2) is 0 Å². The van der Waals surface area contributed by atoms with Crippen LogP contribution in [-0.4, -0.2) is 26.7 Å². The van der Waals surface area contributed by atoms with Crippen molar-refractivity contribution < 1.29 is 17.4 Å². The molecule has 5 nitrogen and oxygen atoms in total. The van der Waals surface area contributed by atoms with E-state index in [1.165, 1.54) is 77.0 Å². The Morgan fingerprint density at radius 2 is 1.12 bits per heavy atom. The number of unbranched alkanes of at least 4 members (excludes halogenated alkanes) is 14. The first-order valence-electron chi connectivity index (χ1n) is 10.7. The predicted molar refractivity (Wildman–Crippen MR) is 108 cm³/mol. The quantitative estimate of drug-likeness (QED) is 0.245. The molecule has 0 saturated carbocycles. The second-order valence-corrected chi connectivity index (χ2v) is 8.90. The van der Waals surface area contributed by atoms with Crippen molar-refractivity contribution in [3.05, 3.63) is 0 Å². The molecule has 0 saturated heterocycles. The Labute approximate surface area is 161 Å². The molecular weight excluding hydrogens is 350 g/mol. The van der Waals surface area contributed by atoms with E-state index in [1.807, 2.05) is 0 Å². The average Bonchev–Trinajstić information content (AvgIpc) is 2.57. The summed E-state index contributed by atoms with van der Waals surface area (Å²) in [4.78, 5) is 11.4. The van der Waals surface area contributed by atoms with Crippen molar-refractivity contribution in [1.29, 1.82) is 0 Å². The standard InChI is InChI=1S/C20H41NO4S/c1-2-3-4-5-6-7-8-9-10-11-12-13-14-15-16-17-20(22)25-26(23,24)19-18-21/h2-19,21H2,1H3. The minimum atomic E-state index is -3.78. The van der Waals surface area contributed by atoms with E-state index >= 15 is 0 Å². The maximum absolute atomic E-state index is 11.4. The summed E-state index contributed by atoms with van der Waals surface area (Å²) in [7, 11) is -3.78. The smallest absolute Gasteiger partial charge is 0.322 e. The highest BCUT2D eigenvalue weighted by Gasteiger charge is 2.15. The van der Waals surface area contributed by atoms with Gasteiger partial charge in [0.1, 0.15) is 0 Å². The molecule has 0 aromatic rings. The number of rotatable bonds is 19. The zero-order valence-corrected chi connectivity index (χ0v) is 17.7. The highest BCUT2D eigenvalue weighted by molar-refractivity contribution is 7.87. The molecule has 0 unspecified atom stereocenters. The summed E-state index contributed by atoms with van der Waals surface area (Å²) >= 11 is 0. The minimum Gasteiger partial charge on any atom is -0.346 e. The third kappa shape index (κ3) is 18.2. The highest BCUT2D eigenvalue weighted by atomic mass is 32.2. The van der Waals surface area contributed by atoms with Gasteiger partial charge in [0, 0.05) is 13.0 Å². The first-order valence-corrected chi connectivity index (χ1v) is 12.2. The van der Waals surface area contributed by atoms with E-state index in [-0.39, 0.29) is 18.7 Å². The van der Waals surface area contributed by atoms with E-state index in [9.17, 15) is 13.2 Å². The zero-order chi connectivity index (χ0) is 19.5. The van der Waals surface area contributed by atoms with Crippen LogP contribution in [0.5, 0.6) is 0 Å². The summed E-state index contributed by atoms with van der Waals surface area (Å²) in [6.45, 7) is 2.22. The molecule has 0 rings (SSSR count). The third-order valence-corrected chi connectivity index (χ3v) is 5.75. The van der Waals surface area contributed by atoms with Gasteiger partial charge in [0.2, 0.25) is 0 Å². The Morgan fingerprint density at radius 3 is 1.50 bits per heavy atom. The number of nitrogens with two attached hydrogens (primary N) is 1. The largest absolute Gasteiger partial charge is 0.346 e. The lowest BCUT2D eigenvalue weighted by molar-refractivity contribution is -0.133. The second-order valence-electron chi connectivity index (χ2n) is 7.21. The van der Waals surface area contributed by atoms with Crippen LogP contribution < -0.4 is 5.73 Å². The minimum absolute atomic E-state index is 0.0332. The fourth-order valence-electron chi connectivity index (χ4n) is 3.01. The predicted octanol–water partition coefficient (Wildman–Crippen LogP) is 5.08. The van der Waals surface area contributed by atoms with Crippen LogP contribution in [0, 0.1) is 0 Å². The number of hydrogen-bond acceptors (Lipinski definition) is 5. The molecule has 6 heteroatoms. The van der Waals surface area contributed by atoms with Gasteiger partial charge in [-0.3, -0.25) is 4.79 Å². The van der Waals surface area contributed by atoms with Gasteiger partial charge in [-0.25, -0.2) is 0 Å². The Balaban J connectivity index is 3.28. The van der Waals surface area contributed by atoms with Crippen molar-refractivity contribution in [3.8, 4) is 0 Å². The maximum atomic E-state index is 11.4. The lowest BCUT2D eigenvalue weighted by Crippen LogP contribution is -2.21. The highest BCUT2D eigenvalue weighted by Crippen LogP contribution is 2.14. The van der Waals surface area contributed by atoms with Gasteiger partial charge in [-0.2, -0.15) is 8.42 Å². The van der Waals surface area contributed by atoms with E-state index in [2.05, 4.69) is 11.1 Å². The van der Waals surface area contributed by atoms with Gasteiger partial charge >= 0.3 is 16.1 Å². The Morgan fingerprint density at radius 1 is 0.731 bits per heavy atom. The van der Waals surface area contributed by atoms with E-state index < -0.39 is 16.1 Å². The molecule has 0 aliphatic heterocycles. The van der Waals surface area contributed by atoms with Crippen LogP contribution in [0.25, 0.3) is 0 Å². The van der Waals surface area contributed by atoms with Gasteiger partial charge < -0.3 is 9.92 Å². The maximum Gasteiger partial charge on any atom is 0.322 e. The molecule has 0 bridgehead atoms. The van der Waals surface area contributed by atoms with Gasteiger partial charge in [-0.1, -0.05) is 96.8 Å². The van der Waals surface area contributed by atoms with E-state index in [0.717, 1.165) is 12.8 Å². The molecule has 0 aromatic heterocycles. The fourth-order valence-corrected chi connectivity index (χ4v) is 3.75. The molecule has 0 spiro atoms. The average molecular weight is 392 g/mol. The number of carbonyl (C=O) groups is 1. The lowest BCUT2D eigenvalue weighted by atomic mass is 10.0. The Hall–Kier alpha value is -0.620. The Kier molecular flexibility index (Phi) is 17.4. The van der Waals surface area contributed by atoms with E-state index in [4.69, 9.17) is 5.73 Å². The van der Waals surface area contributed by atoms with Crippen LogP contribution in [0.3, 0.4) is 0 Å². The topological polar surface area (TPSA) is 86.5 Å². The van der Waals surface area contributed by atoms with Crippen molar-refractivity contribution in [3.63, 3.8) is 0 Å². The Bertz CT molecular complexity index is 424. The molecule has 0 heterocycles. The molecule has 0 aliphatic carbocycles. The molecule has 0 radical (unpaired) electrons. The van der Waals surface area contributed by atoms with Crippen LogP contribution >= 0.6 is 0 Å². The summed E-state index contributed by atoms with van der Waals surface area (Å²) in [5, 5.41) is 0. The molecular formula is C20H41NO4S. The first kappa shape index (κ1) is 25.4. The summed E-state index contributed by atoms with van der Waals surface area (Å²) in [5.41, 5.74) is 5.16. The SMILES string of the molecule is CCCCCCCCCCCCCCCCCC(=O)OS(=O)(=O)CCN. The van der Waals surface area contributed by atoms with Crippen LogP contribution in [-0.2, 0) is 19.1 Å². The third-order valence-electron chi connectivity index (χ3n) is 4.57. The summed E-state index contributed by atoms with van der Waals surface area (Å²) in [5.74, 6) is -0.967. The summed E-state index contributed by atoms with van der Waals surface area (Å²) in [6.07, 6.45) is 19.0. The second kappa shape index (κ2) is 17.8. The molecule has 0 atom stereocenters. The molecule has 0 aromatic carbocycles. The van der Waals surface area contributed by atoms with Crippen molar-refractivity contribution in [2.24, 2.45) is 5.73 Å². The molecule has 2 N–H and O–H groups in total. The van der Waals surface area contributed by atoms with Crippen molar-refractivity contribution in [1.82, 2.24) is 0 Å². The van der Waals surface area contributed by atoms with Crippen LogP contribution in [0.4, 0.5) is 0 Å². The van der Waals surface area contributed by atoms with Crippen molar-refractivity contribution in [2.45, 2.75) is 110 Å². The van der Waals surface area contributed by atoms with Gasteiger partial charge in [-0.15, -0.1) is 0 Å². The number of carbonyl (C=O) groups excluding carboxylic acids is 1. The molecule has 26 heavy (non-hydrogen) atoms. The summed E-state index contributed by atoms with van der Waals surface area (Å²) < 4.78 is 27.0. The van der Waals surface area contributed by atoms with Gasteiger partial charge in [0.05, 0.1) is 5.75 Å². The van der Waals surface area contributed by atoms with Gasteiger partial charge in [-0.05, 0) is 6.42 Å². The van der Waals surface area contributed by atoms with Gasteiger partial charge in [0.25, 0.3) is 0 Å². The zero-order valence-electron chi connectivity index (χ0n) is 16.8. The van der Waals surface area contributed by atoms with Crippen molar-refractivity contribution in [2.75, 3.05) is 12.3 Å². The van der Waals surface area contributed by atoms with Gasteiger partial charge in [0.15, 0.2) is 0 Å². The molecule has 0 amide bonds.